The van der Waals surface area contributed by atoms with Crippen LogP contribution in [0.25, 0.3) is 10.8 Å². The first-order valence-electron chi connectivity index (χ1n) is 11.6. The summed E-state index contributed by atoms with van der Waals surface area (Å²) in [6.45, 7) is 3.23. The van der Waals surface area contributed by atoms with Gasteiger partial charge in [0.1, 0.15) is 5.75 Å². The first-order valence-corrected chi connectivity index (χ1v) is 13.0. The minimum absolute atomic E-state index is 0.0000361. The van der Waals surface area contributed by atoms with Gasteiger partial charge in [0.05, 0.1) is 30.2 Å². The van der Waals surface area contributed by atoms with Gasteiger partial charge in [0.15, 0.2) is 0 Å². The molecule has 0 N–H and O–H groups in total. The zero-order valence-electron chi connectivity index (χ0n) is 19.5. The largest absolute Gasteiger partial charge is 0.496 e. The molecule has 178 valence electrons. The number of anilines is 1. The van der Waals surface area contributed by atoms with E-state index in [0.717, 1.165) is 30.5 Å². The smallest absolute Gasteiger partial charge is 0.264 e. The molecule has 1 atom stereocenters. The fraction of sp³-hybridized carbons (Fsp3) is 0.346. The summed E-state index contributed by atoms with van der Waals surface area (Å²) >= 11 is 0. The van der Waals surface area contributed by atoms with Crippen molar-refractivity contribution in [1.29, 1.82) is 0 Å². The van der Waals surface area contributed by atoms with Crippen molar-refractivity contribution in [3.63, 3.8) is 0 Å². The van der Waals surface area contributed by atoms with Gasteiger partial charge in [0, 0.05) is 30.4 Å². The number of carbonyl (C=O) groups excluding carboxylic acids is 1. The van der Waals surface area contributed by atoms with Crippen LogP contribution in [0.5, 0.6) is 5.75 Å². The highest BCUT2D eigenvalue weighted by atomic mass is 32.2. The molecule has 2 aliphatic heterocycles. The molecule has 0 aliphatic carbocycles. The van der Waals surface area contributed by atoms with Gasteiger partial charge in [-0.2, -0.15) is 0 Å². The summed E-state index contributed by atoms with van der Waals surface area (Å²) in [6.07, 6.45) is 0.913. The quantitative estimate of drug-likeness (QED) is 0.574. The Bertz CT molecular complexity index is 1340. The third-order valence-corrected chi connectivity index (χ3v) is 8.73. The molecule has 1 fully saturated rings. The molecule has 2 heterocycles. The summed E-state index contributed by atoms with van der Waals surface area (Å²) < 4.78 is 34.9. The number of benzene rings is 3. The van der Waals surface area contributed by atoms with Crippen LogP contribution < -0.4 is 9.04 Å². The van der Waals surface area contributed by atoms with E-state index in [1.54, 1.807) is 31.4 Å². The van der Waals surface area contributed by atoms with Crippen LogP contribution in [-0.4, -0.2) is 71.0 Å². The van der Waals surface area contributed by atoms with Crippen molar-refractivity contribution in [2.75, 3.05) is 51.2 Å². The predicted octanol–water partition coefficient (Wildman–Crippen LogP) is 3.31. The summed E-state index contributed by atoms with van der Waals surface area (Å²) in [7, 11) is -0.283. The summed E-state index contributed by atoms with van der Waals surface area (Å²) in [4.78, 5) is 17.9. The van der Waals surface area contributed by atoms with Gasteiger partial charge in [-0.05, 0) is 43.8 Å². The van der Waals surface area contributed by atoms with Crippen molar-refractivity contribution in [3.8, 4) is 5.75 Å². The Morgan fingerprint density at radius 1 is 0.912 bits per heavy atom. The average Bonchev–Trinajstić information content (AvgIpc) is 3.12. The highest BCUT2D eigenvalue weighted by Crippen LogP contribution is 2.42. The second kappa shape index (κ2) is 8.92. The van der Waals surface area contributed by atoms with Crippen LogP contribution in [0.4, 0.5) is 5.69 Å². The van der Waals surface area contributed by atoms with Crippen LogP contribution in [0.1, 0.15) is 17.9 Å². The first kappa shape index (κ1) is 22.7. The summed E-state index contributed by atoms with van der Waals surface area (Å²) in [5.41, 5.74) is 1.35. The molecule has 3 aromatic carbocycles. The van der Waals surface area contributed by atoms with Crippen molar-refractivity contribution in [1.82, 2.24) is 9.80 Å². The normalized spacial score (nSPS) is 19.2. The Kier molecular flexibility index (Phi) is 5.95. The Balaban J connectivity index is 1.54. The highest BCUT2D eigenvalue weighted by molar-refractivity contribution is 7.93. The molecule has 0 bridgehead atoms. The fourth-order valence-electron chi connectivity index (χ4n) is 5.06. The SMILES string of the molecule is COc1ccc(S(=O)(=O)N2CC(C(=O)N3CCCN(C)CC3)c3ccccc32)c2ccccc12. The maximum atomic E-state index is 14.0. The van der Waals surface area contributed by atoms with Gasteiger partial charge in [-0.1, -0.05) is 42.5 Å². The van der Waals surface area contributed by atoms with E-state index < -0.39 is 15.9 Å². The lowest BCUT2D eigenvalue weighted by molar-refractivity contribution is -0.132. The predicted molar refractivity (Wildman–Crippen MR) is 133 cm³/mol. The molecule has 0 saturated carbocycles. The molecule has 0 radical (unpaired) electrons. The molecular weight excluding hydrogens is 450 g/mol. The number of rotatable bonds is 4. The van der Waals surface area contributed by atoms with Gasteiger partial charge in [-0.25, -0.2) is 8.42 Å². The van der Waals surface area contributed by atoms with E-state index in [-0.39, 0.29) is 17.3 Å². The standard InChI is InChI=1S/C26H29N3O4S/c1-27-14-7-15-28(17-16-27)26(30)22-18-29(23-11-6-5-8-19(22)23)34(31,32)25-13-12-24(33-2)20-9-3-4-10-21(20)25/h3-6,8-13,22H,7,14-18H2,1-2H3. The van der Waals surface area contributed by atoms with Gasteiger partial charge in [-0.15, -0.1) is 0 Å². The van der Waals surface area contributed by atoms with Crippen molar-refractivity contribution in [3.05, 3.63) is 66.2 Å². The van der Waals surface area contributed by atoms with Crippen molar-refractivity contribution in [2.45, 2.75) is 17.2 Å². The lowest BCUT2D eigenvalue weighted by Gasteiger charge is -2.25. The minimum atomic E-state index is -3.92. The molecule has 1 amide bonds. The van der Waals surface area contributed by atoms with Crippen molar-refractivity contribution in [2.24, 2.45) is 0 Å². The number of hydrogen-bond acceptors (Lipinski definition) is 5. The molecule has 2 aliphatic rings. The molecule has 0 spiro atoms. The van der Waals surface area contributed by atoms with E-state index in [2.05, 4.69) is 11.9 Å². The number of para-hydroxylation sites is 1. The number of fused-ring (bicyclic) bond motifs is 2. The molecule has 34 heavy (non-hydrogen) atoms. The van der Waals surface area contributed by atoms with Gasteiger partial charge in [0.2, 0.25) is 5.91 Å². The van der Waals surface area contributed by atoms with Crippen molar-refractivity contribution >= 4 is 32.4 Å². The fourth-order valence-corrected chi connectivity index (χ4v) is 6.77. The van der Waals surface area contributed by atoms with E-state index in [4.69, 9.17) is 4.74 Å². The lowest BCUT2D eigenvalue weighted by Crippen LogP contribution is -2.40. The van der Waals surface area contributed by atoms with Gasteiger partial charge < -0.3 is 14.5 Å². The number of carbonyl (C=O) groups is 1. The third-order valence-electron chi connectivity index (χ3n) is 6.89. The van der Waals surface area contributed by atoms with Gasteiger partial charge in [0.25, 0.3) is 10.0 Å². The topological polar surface area (TPSA) is 70.2 Å². The maximum absolute atomic E-state index is 14.0. The van der Waals surface area contributed by atoms with Crippen LogP contribution in [0.15, 0.2) is 65.6 Å². The number of amides is 1. The van der Waals surface area contributed by atoms with Crippen molar-refractivity contribution < 1.29 is 17.9 Å². The monoisotopic (exact) mass is 479 g/mol. The Hall–Kier alpha value is -3.10. The molecule has 0 aromatic heterocycles. The first-order chi connectivity index (χ1) is 16.4. The summed E-state index contributed by atoms with van der Waals surface area (Å²) in [5.74, 6) is 0.106. The second-order valence-electron chi connectivity index (χ2n) is 8.94. The molecule has 5 rings (SSSR count). The Morgan fingerprint density at radius 2 is 1.65 bits per heavy atom. The van der Waals surface area contributed by atoms with Gasteiger partial charge >= 0.3 is 0 Å². The Labute approximate surface area is 200 Å². The number of methoxy groups -OCH3 is 1. The van der Waals surface area contributed by atoms with E-state index >= 15 is 0 Å². The Morgan fingerprint density at radius 3 is 2.44 bits per heavy atom. The number of ether oxygens (including phenoxy) is 1. The third kappa shape index (κ3) is 3.80. The van der Waals surface area contributed by atoms with Gasteiger partial charge in [-0.3, -0.25) is 9.10 Å². The number of nitrogens with zero attached hydrogens (tertiary/aromatic N) is 3. The minimum Gasteiger partial charge on any atom is -0.496 e. The van der Waals surface area contributed by atoms with E-state index in [1.165, 1.54) is 4.31 Å². The molecule has 1 saturated heterocycles. The molecule has 3 aromatic rings. The number of sulfonamides is 1. The van der Waals surface area contributed by atoms with E-state index in [0.29, 0.717) is 29.9 Å². The van der Waals surface area contributed by atoms with Crippen LogP contribution >= 0.6 is 0 Å². The summed E-state index contributed by atoms with van der Waals surface area (Å²) in [6, 6.07) is 18.0. The van der Waals surface area contributed by atoms with Crippen LogP contribution in [0.2, 0.25) is 0 Å². The molecule has 1 unspecified atom stereocenters. The molecule has 7 nitrogen and oxygen atoms in total. The van der Waals surface area contributed by atoms with Crippen LogP contribution in [0, 0.1) is 0 Å². The summed E-state index contributed by atoms with van der Waals surface area (Å²) in [5, 5.41) is 1.34. The van der Waals surface area contributed by atoms with E-state index in [9.17, 15) is 13.2 Å². The zero-order chi connectivity index (χ0) is 23.9. The van der Waals surface area contributed by atoms with Crippen LogP contribution in [-0.2, 0) is 14.8 Å². The number of likely N-dealkylation sites (N-methyl/N-ethyl adjacent to an activating group) is 1. The second-order valence-corrected chi connectivity index (χ2v) is 10.8. The zero-order valence-corrected chi connectivity index (χ0v) is 20.3. The molecular formula is C26H29N3O4S. The number of hydrogen-bond donors (Lipinski definition) is 0. The van der Waals surface area contributed by atoms with Crippen LogP contribution in [0.3, 0.4) is 0 Å². The highest BCUT2D eigenvalue weighted by Gasteiger charge is 2.41. The maximum Gasteiger partial charge on any atom is 0.264 e. The average molecular weight is 480 g/mol. The molecule has 8 heteroatoms. The van der Waals surface area contributed by atoms with E-state index in [1.807, 2.05) is 41.3 Å². The lowest BCUT2D eigenvalue weighted by atomic mass is 10.00.